The number of rotatable bonds is 0. The van der Waals surface area contributed by atoms with Gasteiger partial charge >= 0.3 is 0 Å². The summed E-state index contributed by atoms with van der Waals surface area (Å²) in [6.45, 7) is 0. The number of aliphatic hydroxyl groups is 2. The Morgan fingerprint density at radius 3 is 2.28 bits per heavy atom. The predicted molar refractivity (Wildman–Crippen MR) is 106 cm³/mol. The van der Waals surface area contributed by atoms with Gasteiger partial charge in [0.2, 0.25) is 5.60 Å². The zero-order chi connectivity index (χ0) is 20.3. The minimum atomic E-state index is -2.48. The van der Waals surface area contributed by atoms with Crippen LogP contribution in [0.3, 0.4) is 0 Å². The van der Waals surface area contributed by atoms with E-state index in [9.17, 15) is 19.8 Å². The van der Waals surface area contributed by atoms with Crippen LogP contribution in [0.15, 0.2) is 54.6 Å². The fourth-order valence-electron chi connectivity index (χ4n) is 5.15. The zero-order valence-corrected chi connectivity index (χ0v) is 15.7. The van der Waals surface area contributed by atoms with Gasteiger partial charge in [0.05, 0.1) is 16.9 Å². The molecule has 144 valence electrons. The van der Waals surface area contributed by atoms with Gasteiger partial charge in [-0.1, -0.05) is 36.4 Å². The number of para-hydroxylation sites is 2. The molecule has 6 rings (SSSR count). The summed E-state index contributed by atoms with van der Waals surface area (Å²) in [5.74, 6) is -1.70. The van der Waals surface area contributed by atoms with Gasteiger partial charge < -0.3 is 14.8 Å². The highest BCUT2D eigenvalue weighted by Gasteiger charge is 2.74. The van der Waals surface area contributed by atoms with Gasteiger partial charge in [-0.05, 0) is 18.2 Å². The summed E-state index contributed by atoms with van der Waals surface area (Å²) in [7, 11) is 3.14. The van der Waals surface area contributed by atoms with Gasteiger partial charge in [0.25, 0.3) is 17.5 Å². The first kappa shape index (κ1) is 16.5. The fraction of sp³-hybridized carbons (Fsp3) is 0.182. The molecule has 7 nitrogen and oxygen atoms in total. The van der Waals surface area contributed by atoms with Crippen molar-refractivity contribution in [3.8, 4) is 11.4 Å². The lowest BCUT2D eigenvalue weighted by Crippen LogP contribution is -2.58. The van der Waals surface area contributed by atoms with Crippen LogP contribution in [0.4, 0.5) is 0 Å². The van der Waals surface area contributed by atoms with E-state index in [1.807, 2.05) is 41.9 Å². The molecular formula is C22H17N3O4. The van der Waals surface area contributed by atoms with Crippen LogP contribution in [-0.4, -0.2) is 43.1 Å². The number of carbonyl (C=O) groups excluding carboxylic acids is 2. The third kappa shape index (κ3) is 1.49. The van der Waals surface area contributed by atoms with E-state index in [2.05, 4.69) is 0 Å². The smallest absolute Gasteiger partial charge is 0.286 e. The third-order valence-electron chi connectivity index (χ3n) is 6.47. The van der Waals surface area contributed by atoms with Crippen LogP contribution >= 0.6 is 0 Å². The Balaban J connectivity index is 1.93. The molecule has 2 aromatic heterocycles. The van der Waals surface area contributed by atoms with E-state index in [1.54, 1.807) is 24.3 Å². The molecule has 0 spiro atoms. The van der Waals surface area contributed by atoms with E-state index in [4.69, 9.17) is 0 Å². The van der Waals surface area contributed by atoms with E-state index in [0.29, 0.717) is 22.3 Å². The fourth-order valence-corrected chi connectivity index (χ4v) is 5.15. The molecule has 0 saturated carbocycles. The maximum atomic E-state index is 13.2. The maximum Gasteiger partial charge on any atom is 0.286 e. The highest BCUT2D eigenvalue weighted by Crippen LogP contribution is 2.56. The first-order valence-electron chi connectivity index (χ1n) is 9.30. The Bertz CT molecular complexity index is 1410. The quantitative estimate of drug-likeness (QED) is 0.449. The number of aromatic nitrogens is 2. The second-order valence-electron chi connectivity index (χ2n) is 7.78. The minimum absolute atomic E-state index is 0.260. The van der Waals surface area contributed by atoms with Crippen molar-refractivity contribution >= 4 is 33.6 Å². The Labute approximate surface area is 165 Å². The summed E-state index contributed by atoms with van der Waals surface area (Å²) in [6.07, 6.45) is 0. The van der Waals surface area contributed by atoms with Crippen molar-refractivity contribution in [3.63, 3.8) is 0 Å². The number of likely N-dealkylation sites (N-methyl/N-ethyl adjacent to an activating group) is 1. The average Bonchev–Trinajstić information content (AvgIpc) is 3.30. The molecule has 0 radical (unpaired) electrons. The van der Waals surface area contributed by atoms with Crippen molar-refractivity contribution in [1.29, 1.82) is 0 Å². The van der Waals surface area contributed by atoms with Gasteiger partial charge in [-0.2, -0.15) is 0 Å². The Morgan fingerprint density at radius 1 is 0.862 bits per heavy atom. The highest BCUT2D eigenvalue weighted by atomic mass is 16.4. The van der Waals surface area contributed by atoms with Crippen molar-refractivity contribution < 1.29 is 19.8 Å². The molecular weight excluding hydrogens is 370 g/mol. The standard InChI is InChI=1S/C22H17N3O4/c1-23-15-10-6-4-8-13(15)17-18(23)16-11-12-7-3-5-9-14(12)25(16)22(29)20(27)24(2)19(26)21(17,22)28/h3-11,28-29H,1-2H3/t21-,22+/m1/s1. The summed E-state index contributed by atoms with van der Waals surface area (Å²) in [5.41, 5.74) is -2.12. The van der Waals surface area contributed by atoms with Crippen molar-refractivity contribution in [2.24, 2.45) is 7.05 Å². The lowest BCUT2D eigenvalue weighted by atomic mass is 9.79. The summed E-state index contributed by atoms with van der Waals surface area (Å²) in [5, 5.41) is 25.1. The van der Waals surface area contributed by atoms with Crippen LogP contribution in [0.2, 0.25) is 0 Å². The molecule has 29 heavy (non-hydrogen) atoms. The molecule has 2 N–H and O–H groups in total. The van der Waals surface area contributed by atoms with E-state index in [1.165, 1.54) is 11.6 Å². The molecule has 4 heterocycles. The van der Waals surface area contributed by atoms with Gasteiger partial charge in [0, 0.05) is 35.9 Å². The monoisotopic (exact) mass is 387 g/mol. The lowest BCUT2D eigenvalue weighted by Gasteiger charge is -2.40. The molecule has 0 aliphatic carbocycles. The number of nitrogens with zero attached hydrogens (tertiary/aromatic N) is 3. The maximum absolute atomic E-state index is 13.2. The van der Waals surface area contributed by atoms with Gasteiger partial charge in [-0.3, -0.25) is 19.1 Å². The minimum Gasteiger partial charge on any atom is -0.371 e. The number of imide groups is 1. The van der Waals surface area contributed by atoms with E-state index < -0.39 is 23.1 Å². The van der Waals surface area contributed by atoms with E-state index >= 15 is 0 Å². The zero-order valence-electron chi connectivity index (χ0n) is 15.7. The number of aryl methyl sites for hydroxylation is 1. The van der Waals surface area contributed by atoms with Crippen LogP contribution < -0.4 is 0 Å². The summed E-state index contributed by atoms with van der Waals surface area (Å²) in [4.78, 5) is 27.2. The van der Waals surface area contributed by atoms with E-state index in [-0.39, 0.29) is 5.56 Å². The molecule has 4 aromatic rings. The number of fused-ring (bicyclic) bond motifs is 10. The average molecular weight is 387 g/mol. The van der Waals surface area contributed by atoms with Crippen LogP contribution in [0.25, 0.3) is 33.2 Å². The van der Waals surface area contributed by atoms with Crippen molar-refractivity contribution in [2.75, 3.05) is 7.05 Å². The number of amides is 2. The molecule has 2 aliphatic heterocycles. The van der Waals surface area contributed by atoms with Gasteiger partial charge in [-0.25, -0.2) is 0 Å². The number of hydrogen-bond donors (Lipinski definition) is 2. The van der Waals surface area contributed by atoms with Crippen molar-refractivity contribution in [2.45, 2.75) is 11.3 Å². The van der Waals surface area contributed by atoms with Crippen molar-refractivity contribution in [1.82, 2.24) is 14.0 Å². The van der Waals surface area contributed by atoms with Crippen LogP contribution in [-0.2, 0) is 28.0 Å². The van der Waals surface area contributed by atoms with Crippen LogP contribution in [0.1, 0.15) is 5.56 Å². The number of hydrogen-bond acceptors (Lipinski definition) is 4. The molecule has 7 heteroatoms. The Kier molecular flexibility index (Phi) is 2.71. The molecule has 2 aliphatic rings. The normalized spacial score (nSPS) is 25.6. The second-order valence-corrected chi connectivity index (χ2v) is 7.78. The SMILES string of the molecule is CN1C(=O)[C@@]2(O)n3c(cc4ccccc43)-c3c(c4ccccc4n3C)[C@@]2(O)C1=O. The molecule has 2 amide bonds. The lowest BCUT2D eigenvalue weighted by molar-refractivity contribution is -0.193. The molecule has 2 aromatic carbocycles. The molecule has 1 fully saturated rings. The first-order valence-corrected chi connectivity index (χ1v) is 9.30. The molecule has 0 bridgehead atoms. The Hall–Kier alpha value is -3.42. The number of carbonyl (C=O) groups is 2. The Morgan fingerprint density at radius 2 is 1.52 bits per heavy atom. The molecule has 0 unspecified atom stereocenters. The number of benzene rings is 2. The van der Waals surface area contributed by atoms with Crippen LogP contribution in [0.5, 0.6) is 0 Å². The van der Waals surface area contributed by atoms with Gasteiger partial charge in [-0.15, -0.1) is 0 Å². The first-order chi connectivity index (χ1) is 13.8. The highest BCUT2D eigenvalue weighted by molar-refractivity contribution is 6.16. The van der Waals surface area contributed by atoms with E-state index in [0.717, 1.165) is 15.8 Å². The molecule has 1 saturated heterocycles. The summed E-state index contributed by atoms with van der Waals surface area (Å²) < 4.78 is 3.30. The van der Waals surface area contributed by atoms with Gasteiger partial charge in [0.1, 0.15) is 0 Å². The third-order valence-corrected chi connectivity index (χ3v) is 6.47. The van der Waals surface area contributed by atoms with Crippen molar-refractivity contribution in [3.05, 3.63) is 60.2 Å². The number of likely N-dealkylation sites (tertiary alicyclic amines) is 1. The summed E-state index contributed by atoms with van der Waals surface area (Å²) in [6, 6.07) is 16.5. The van der Waals surface area contributed by atoms with Crippen LogP contribution in [0, 0.1) is 0 Å². The molecule has 2 atom stereocenters. The second kappa shape index (κ2) is 4.76. The summed E-state index contributed by atoms with van der Waals surface area (Å²) >= 11 is 0. The topological polar surface area (TPSA) is 87.7 Å². The van der Waals surface area contributed by atoms with Gasteiger partial charge in [0.15, 0.2) is 0 Å². The predicted octanol–water partition coefficient (Wildman–Crippen LogP) is 1.64. The largest absolute Gasteiger partial charge is 0.371 e.